The summed E-state index contributed by atoms with van der Waals surface area (Å²) < 4.78 is 26.9. The summed E-state index contributed by atoms with van der Waals surface area (Å²) in [5, 5.41) is 0. The van der Waals surface area contributed by atoms with Gasteiger partial charge in [-0.05, 0) is 31.0 Å². The second-order valence-corrected chi connectivity index (χ2v) is 5.11. The van der Waals surface area contributed by atoms with Crippen LogP contribution in [0.15, 0.2) is 24.4 Å². The van der Waals surface area contributed by atoms with Crippen LogP contribution < -0.4 is 5.73 Å². The van der Waals surface area contributed by atoms with Crippen LogP contribution in [0.4, 0.5) is 8.78 Å². The molecule has 0 radical (unpaired) electrons. The summed E-state index contributed by atoms with van der Waals surface area (Å²) in [6.07, 6.45) is 4.65. The molecule has 2 aromatic rings. The first kappa shape index (κ1) is 12.3. The number of benzene rings is 1. The first-order chi connectivity index (χ1) is 9.14. The molecule has 1 aromatic carbocycles. The molecule has 1 heterocycles. The number of aromatic nitrogens is 2. The molecular formula is C14H15F2N3. The quantitative estimate of drug-likeness (QED) is 0.894. The number of imidazole rings is 1. The summed E-state index contributed by atoms with van der Waals surface area (Å²) >= 11 is 0. The van der Waals surface area contributed by atoms with E-state index in [9.17, 15) is 8.78 Å². The standard InChI is InChI=1S/C14H15F2N3/c15-9-2-3-11(16)10(6-9)12-7-18-13(19-12)14(8-17)4-1-5-14/h2-3,6-7H,1,4-5,8,17H2,(H,18,19). The van der Waals surface area contributed by atoms with Gasteiger partial charge in [0.05, 0.1) is 11.9 Å². The van der Waals surface area contributed by atoms with Gasteiger partial charge < -0.3 is 10.7 Å². The number of nitrogens with one attached hydrogen (secondary N) is 1. The van der Waals surface area contributed by atoms with Crippen LogP contribution in [0.3, 0.4) is 0 Å². The van der Waals surface area contributed by atoms with E-state index < -0.39 is 11.6 Å². The summed E-state index contributed by atoms with van der Waals surface area (Å²) in [7, 11) is 0. The van der Waals surface area contributed by atoms with Gasteiger partial charge in [0, 0.05) is 17.5 Å². The number of hydrogen-bond acceptors (Lipinski definition) is 2. The monoisotopic (exact) mass is 263 g/mol. The molecule has 0 bridgehead atoms. The van der Waals surface area contributed by atoms with Crippen LogP contribution in [0.25, 0.3) is 11.3 Å². The zero-order chi connectivity index (χ0) is 13.5. The van der Waals surface area contributed by atoms with Gasteiger partial charge in [-0.15, -0.1) is 0 Å². The Labute approximate surface area is 109 Å². The largest absolute Gasteiger partial charge is 0.341 e. The van der Waals surface area contributed by atoms with Crippen molar-refractivity contribution in [2.45, 2.75) is 24.7 Å². The van der Waals surface area contributed by atoms with E-state index in [-0.39, 0.29) is 11.0 Å². The summed E-state index contributed by atoms with van der Waals surface area (Å²) in [5.74, 6) is -0.156. The van der Waals surface area contributed by atoms with E-state index in [0.29, 0.717) is 12.2 Å². The van der Waals surface area contributed by atoms with Crippen molar-refractivity contribution in [1.82, 2.24) is 9.97 Å². The highest BCUT2D eigenvalue weighted by Gasteiger charge is 2.40. The first-order valence-electron chi connectivity index (χ1n) is 6.36. The maximum atomic E-state index is 13.7. The number of H-pyrrole nitrogens is 1. The van der Waals surface area contributed by atoms with Crippen LogP contribution in [0.2, 0.25) is 0 Å². The van der Waals surface area contributed by atoms with E-state index in [1.165, 1.54) is 6.07 Å². The summed E-state index contributed by atoms with van der Waals surface area (Å²) in [6, 6.07) is 3.39. The Morgan fingerprint density at radius 3 is 2.74 bits per heavy atom. The molecule has 5 heteroatoms. The van der Waals surface area contributed by atoms with Crippen LogP contribution in [0.5, 0.6) is 0 Å². The van der Waals surface area contributed by atoms with E-state index in [2.05, 4.69) is 9.97 Å². The van der Waals surface area contributed by atoms with E-state index in [0.717, 1.165) is 37.2 Å². The number of nitrogens with two attached hydrogens (primary N) is 1. The molecule has 1 aromatic heterocycles. The topological polar surface area (TPSA) is 54.7 Å². The lowest BCUT2D eigenvalue weighted by molar-refractivity contribution is 0.240. The van der Waals surface area contributed by atoms with Crippen LogP contribution >= 0.6 is 0 Å². The summed E-state index contributed by atoms with van der Waals surface area (Å²) in [5.41, 5.74) is 6.39. The lowest BCUT2D eigenvalue weighted by atomic mass is 9.68. The molecule has 3 nitrogen and oxygen atoms in total. The van der Waals surface area contributed by atoms with Crippen LogP contribution in [0.1, 0.15) is 25.1 Å². The Hall–Kier alpha value is -1.75. The van der Waals surface area contributed by atoms with Gasteiger partial charge in [0.25, 0.3) is 0 Å². The van der Waals surface area contributed by atoms with Crippen molar-refractivity contribution in [2.24, 2.45) is 5.73 Å². The lowest BCUT2D eigenvalue weighted by Gasteiger charge is -2.39. The predicted molar refractivity (Wildman–Crippen MR) is 68.5 cm³/mol. The third-order valence-corrected chi connectivity index (χ3v) is 4.00. The van der Waals surface area contributed by atoms with Gasteiger partial charge in [0.1, 0.15) is 17.5 Å². The molecule has 0 amide bonds. The Morgan fingerprint density at radius 1 is 1.32 bits per heavy atom. The number of hydrogen-bond donors (Lipinski definition) is 2. The van der Waals surface area contributed by atoms with Gasteiger partial charge in [-0.25, -0.2) is 13.8 Å². The second-order valence-electron chi connectivity index (χ2n) is 5.11. The first-order valence-corrected chi connectivity index (χ1v) is 6.36. The fourth-order valence-electron chi connectivity index (χ4n) is 2.57. The molecule has 0 atom stereocenters. The van der Waals surface area contributed by atoms with E-state index in [4.69, 9.17) is 5.73 Å². The van der Waals surface area contributed by atoms with Crippen molar-refractivity contribution in [3.63, 3.8) is 0 Å². The fourth-order valence-corrected chi connectivity index (χ4v) is 2.57. The maximum absolute atomic E-state index is 13.7. The second kappa shape index (κ2) is 4.42. The molecular weight excluding hydrogens is 248 g/mol. The minimum atomic E-state index is -0.468. The van der Waals surface area contributed by atoms with Crippen molar-refractivity contribution in [3.05, 3.63) is 41.9 Å². The predicted octanol–water partition coefficient (Wildman–Crippen LogP) is 2.74. The summed E-state index contributed by atoms with van der Waals surface area (Å²) in [4.78, 5) is 7.40. The van der Waals surface area contributed by atoms with Crippen molar-refractivity contribution >= 4 is 0 Å². The molecule has 1 aliphatic rings. The number of halogens is 2. The van der Waals surface area contributed by atoms with Gasteiger partial charge in [-0.1, -0.05) is 6.42 Å². The molecule has 1 fully saturated rings. The van der Waals surface area contributed by atoms with Gasteiger partial charge in [-0.3, -0.25) is 0 Å². The molecule has 19 heavy (non-hydrogen) atoms. The molecule has 100 valence electrons. The van der Waals surface area contributed by atoms with Crippen LogP contribution in [-0.2, 0) is 5.41 Å². The fraction of sp³-hybridized carbons (Fsp3) is 0.357. The van der Waals surface area contributed by atoms with E-state index >= 15 is 0 Å². The molecule has 3 N–H and O–H groups in total. The molecule has 0 saturated heterocycles. The third-order valence-electron chi connectivity index (χ3n) is 4.00. The molecule has 3 rings (SSSR count). The normalized spacial score (nSPS) is 17.2. The average molecular weight is 263 g/mol. The highest BCUT2D eigenvalue weighted by molar-refractivity contribution is 5.59. The number of nitrogens with zero attached hydrogens (tertiary/aromatic N) is 1. The number of aromatic amines is 1. The van der Waals surface area contributed by atoms with Crippen LogP contribution in [-0.4, -0.2) is 16.5 Å². The minimum Gasteiger partial charge on any atom is -0.341 e. The highest BCUT2D eigenvalue weighted by atomic mass is 19.1. The van der Waals surface area contributed by atoms with E-state index in [1.807, 2.05) is 0 Å². The number of rotatable bonds is 3. The zero-order valence-electron chi connectivity index (χ0n) is 10.4. The van der Waals surface area contributed by atoms with Crippen molar-refractivity contribution < 1.29 is 8.78 Å². The average Bonchev–Trinajstić information content (AvgIpc) is 2.81. The highest BCUT2D eigenvalue weighted by Crippen LogP contribution is 2.41. The van der Waals surface area contributed by atoms with Gasteiger partial charge in [0.15, 0.2) is 0 Å². The zero-order valence-corrected chi connectivity index (χ0v) is 10.4. The summed E-state index contributed by atoms with van der Waals surface area (Å²) in [6.45, 7) is 0.519. The smallest absolute Gasteiger partial charge is 0.132 e. The van der Waals surface area contributed by atoms with Gasteiger partial charge in [0.2, 0.25) is 0 Å². The molecule has 0 aliphatic heterocycles. The Bertz CT molecular complexity index is 597. The van der Waals surface area contributed by atoms with Crippen molar-refractivity contribution in [1.29, 1.82) is 0 Å². The molecule has 0 spiro atoms. The van der Waals surface area contributed by atoms with E-state index in [1.54, 1.807) is 6.20 Å². The SMILES string of the molecule is NCC1(c2ncc(-c3cc(F)ccc3F)[nH]2)CCC1. The molecule has 1 saturated carbocycles. The van der Waals surface area contributed by atoms with Crippen molar-refractivity contribution in [2.75, 3.05) is 6.54 Å². The lowest BCUT2D eigenvalue weighted by Crippen LogP contribution is -2.42. The van der Waals surface area contributed by atoms with Crippen molar-refractivity contribution in [3.8, 4) is 11.3 Å². The minimum absolute atomic E-state index is 0.109. The molecule has 1 aliphatic carbocycles. The Morgan fingerprint density at radius 2 is 2.11 bits per heavy atom. The Kier molecular flexibility index (Phi) is 2.86. The Balaban J connectivity index is 1.99. The molecule has 0 unspecified atom stereocenters. The maximum Gasteiger partial charge on any atom is 0.132 e. The van der Waals surface area contributed by atoms with Gasteiger partial charge >= 0.3 is 0 Å². The van der Waals surface area contributed by atoms with Crippen LogP contribution in [0, 0.1) is 11.6 Å². The van der Waals surface area contributed by atoms with Gasteiger partial charge in [-0.2, -0.15) is 0 Å². The third kappa shape index (κ3) is 1.94.